The first kappa shape index (κ1) is 19.0. The van der Waals surface area contributed by atoms with Gasteiger partial charge in [0.2, 0.25) is 0 Å². The van der Waals surface area contributed by atoms with Crippen LogP contribution in [0.5, 0.6) is 5.75 Å². The average molecular weight is 417 g/mol. The number of aromatic nitrogens is 2. The Hall–Kier alpha value is -3.33. The van der Waals surface area contributed by atoms with E-state index in [1.165, 1.54) is 30.6 Å². The molecule has 1 N–H and O–H groups in total. The number of alkyl halides is 3. The van der Waals surface area contributed by atoms with Gasteiger partial charge in [-0.1, -0.05) is 12.1 Å². The minimum absolute atomic E-state index is 0.0481. The van der Waals surface area contributed by atoms with E-state index in [0.717, 1.165) is 12.1 Å². The van der Waals surface area contributed by atoms with Gasteiger partial charge in [-0.3, -0.25) is 9.20 Å². The number of methoxy groups -OCH3 is 1. The van der Waals surface area contributed by atoms with Gasteiger partial charge in [0.15, 0.2) is 10.7 Å². The standard InChI is InChI=1S/C20H14F3N3O2S/c1-28-15-7-5-14(6-8-15)24-18(27)16-17(26-9-10-29-19(26)25-16)12-3-2-4-13(11-12)20(21,22)23/h2-11H,1H3,(H,24,27). The molecule has 2 aromatic heterocycles. The SMILES string of the molecule is COc1ccc(NC(=O)c2nc3sccn3c2-c2cccc(C(F)(F)F)c2)cc1. The Balaban J connectivity index is 1.76. The molecule has 0 aliphatic carbocycles. The molecule has 0 aliphatic heterocycles. The number of hydrogen-bond donors (Lipinski definition) is 1. The van der Waals surface area contributed by atoms with E-state index in [9.17, 15) is 18.0 Å². The number of benzene rings is 2. The molecule has 0 fully saturated rings. The number of fused-ring (bicyclic) bond motifs is 1. The van der Waals surface area contributed by atoms with Crippen molar-refractivity contribution in [1.29, 1.82) is 0 Å². The van der Waals surface area contributed by atoms with Crippen LogP contribution in [0, 0.1) is 0 Å². The van der Waals surface area contributed by atoms with E-state index in [1.54, 1.807) is 40.2 Å². The molecular weight excluding hydrogens is 403 g/mol. The molecule has 148 valence electrons. The number of amides is 1. The second-order valence-electron chi connectivity index (χ2n) is 6.13. The average Bonchev–Trinajstić information content (AvgIpc) is 3.29. The van der Waals surface area contributed by atoms with E-state index < -0.39 is 17.6 Å². The number of anilines is 1. The zero-order chi connectivity index (χ0) is 20.6. The molecule has 0 unspecified atom stereocenters. The summed E-state index contributed by atoms with van der Waals surface area (Å²) in [5.74, 6) is 0.119. The summed E-state index contributed by atoms with van der Waals surface area (Å²) in [6.07, 6.45) is -2.81. The van der Waals surface area contributed by atoms with Crippen LogP contribution in [0.3, 0.4) is 0 Å². The molecule has 0 saturated heterocycles. The van der Waals surface area contributed by atoms with Crippen molar-refractivity contribution in [3.05, 3.63) is 71.4 Å². The second-order valence-corrected chi connectivity index (χ2v) is 7.00. The van der Waals surface area contributed by atoms with Gasteiger partial charge < -0.3 is 10.1 Å². The lowest BCUT2D eigenvalue weighted by atomic mass is 10.1. The zero-order valence-corrected chi connectivity index (χ0v) is 15.8. The van der Waals surface area contributed by atoms with Crippen molar-refractivity contribution in [3.63, 3.8) is 0 Å². The Morgan fingerprint density at radius 3 is 2.62 bits per heavy atom. The van der Waals surface area contributed by atoms with Gasteiger partial charge in [-0.05, 0) is 36.4 Å². The van der Waals surface area contributed by atoms with Gasteiger partial charge in [0.25, 0.3) is 5.91 Å². The highest BCUT2D eigenvalue weighted by Gasteiger charge is 2.31. The number of hydrogen-bond acceptors (Lipinski definition) is 4. The molecule has 9 heteroatoms. The van der Waals surface area contributed by atoms with Crippen LogP contribution in [-0.4, -0.2) is 22.4 Å². The third-order valence-electron chi connectivity index (χ3n) is 4.29. The van der Waals surface area contributed by atoms with Crippen molar-refractivity contribution in [1.82, 2.24) is 9.38 Å². The zero-order valence-electron chi connectivity index (χ0n) is 15.0. The van der Waals surface area contributed by atoms with Crippen LogP contribution in [0.25, 0.3) is 16.2 Å². The van der Waals surface area contributed by atoms with E-state index in [4.69, 9.17) is 4.74 Å². The van der Waals surface area contributed by atoms with Crippen LogP contribution in [0.2, 0.25) is 0 Å². The summed E-state index contributed by atoms with van der Waals surface area (Å²) in [5, 5.41) is 4.48. The van der Waals surface area contributed by atoms with E-state index >= 15 is 0 Å². The van der Waals surface area contributed by atoms with Gasteiger partial charge in [0.05, 0.1) is 18.4 Å². The minimum atomic E-state index is -4.49. The summed E-state index contributed by atoms with van der Waals surface area (Å²) in [6.45, 7) is 0. The monoisotopic (exact) mass is 417 g/mol. The third-order valence-corrected chi connectivity index (χ3v) is 5.05. The lowest BCUT2D eigenvalue weighted by Gasteiger charge is -2.10. The Bertz CT molecular complexity index is 1180. The molecule has 0 bridgehead atoms. The van der Waals surface area contributed by atoms with Crippen LogP contribution in [-0.2, 0) is 6.18 Å². The predicted octanol–water partition coefficient (Wildman–Crippen LogP) is 5.34. The number of nitrogens with zero attached hydrogens (tertiary/aromatic N) is 2. The number of carbonyl (C=O) groups is 1. The number of nitrogens with one attached hydrogen (secondary N) is 1. The van der Waals surface area contributed by atoms with Crippen LogP contribution < -0.4 is 10.1 Å². The van der Waals surface area contributed by atoms with Gasteiger partial charge in [-0.25, -0.2) is 4.98 Å². The first-order valence-corrected chi connectivity index (χ1v) is 9.33. The molecule has 0 aliphatic rings. The Morgan fingerprint density at radius 2 is 1.93 bits per heavy atom. The maximum Gasteiger partial charge on any atom is 0.416 e. The highest BCUT2D eigenvalue weighted by Crippen LogP contribution is 2.34. The summed E-state index contributed by atoms with van der Waals surface area (Å²) in [6, 6.07) is 11.6. The van der Waals surface area contributed by atoms with Gasteiger partial charge >= 0.3 is 6.18 Å². The number of ether oxygens (including phenoxy) is 1. The van der Waals surface area contributed by atoms with Crippen LogP contribution in [0.1, 0.15) is 16.1 Å². The maximum absolute atomic E-state index is 13.2. The quantitative estimate of drug-likeness (QED) is 0.488. The maximum atomic E-state index is 13.2. The first-order chi connectivity index (χ1) is 13.9. The van der Waals surface area contributed by atoms with Crippen molar-refractivity contribution in [3.8, 4) is 17.0 Å². The van der Waals surface area contributed by atoms with Crippen molar-refractivity contribution in [2.24, 2.45) is 0 Å². The van der Waals surface area contributed by atoms with Crippen molar-refractivity contribution in [2.75, 3.05) is 12.4 Å². The van der Waals surface area contributed by atoms with Gasteiger partial charge in [0.1, 0.15) is 5.75 Å². The Kier molecular flexibility index (Phi) is 4.75. The second kappa shape index (κ2) is 7.25. The fraction of sp³-hybridized carbons (Fsp3) is 0.100. The van der Waals surface area contributed by atoms with E-state index in [1.807, 2.05) is 0 Å². The van der Waals surface area contributed by atoms with E-state index in [2.05, 4.69) is 10.3 Å². The summed E-state index contributed by atoms with van der Waals surface area (Å²) >= 11 is 1.29. The molecule has 1 amide bonds. The highest BCUT2D eigenvalue weighted by molar-refractivity contribution is 7.15. The number of halogens is 3. The lowest BCUT2D eigenvalue weighted by Crippen LogP contribution is -2.14. The smallest absolute Gasteiger partial charge is 0.416 e. The van der Waals surface area contributed by atoms with E-state index in [-0.39, 0.29) is 11.3 Å². The summed E-state index contributed by atoms with van der Waals surface area (Å²) in [5.41, 5.74) is 0.333. The summed E-state index contributed by atoms with van der Waals surface area (Å²) in [4.78, 5) is 17.7. The number of thiazole rings is 1. The largest absolute Gasteiger partial charge is 0.497 e. The Morgan fingerprint density at radius 1 is 1.17 bits per heavy atom. The molecule has 2 aromatic carbocycles. The molecule has 29 heavy (non-hydrogen) atoms. The number of imidazole rings is 1. The summed E-state index contributed by atoms with van der Waals surface area (Å²) < 4.78 is 46.2. The highest BCUT2D eigenvalue weighted by atomic mass is 32.1. The molecule has 0 radical (unpaired) electrons. The molecule has 2 heterocycles. The fourth-order valence-electron chi connectivity index (χ4n) is 2.93. The summed E-state index contributed by atoms with van der Waals surface area (Å²) in [7, 11) is 1.53. The van der Waals surface area contributed by atoms with Gasteiger partial charge in [0, 0.05) is 22.8 Å². The van der Waals surface area contributed by atoms with Crippen LogP contribution >= 0.6 is 11.3 Å². The molecule has 5 nitrogen and oxygen atoms in total. The normalized spacial score (nSPS) is 11.6. The molecular formula is C20H14F3N3O2S. The third kappa shape index (κ3) is 3.68. The molecule has 0 atom stereocenters. The lowest BCUT2D eigenvalue weighted by molar-refractivity contribution is -0.137. The molecule has 0 saturated carbocycles. The van der Waals surface area contributed by atoms with Crippen molar-refractivity contribution >= 4 is 27.9 Å². The Labute approximate surface area is 167 Å². The van der Waals surface area contributed by atoms with E-state index in [0.29, 0.717) is 22.1 Å². The van der Waals surface area contributed by atoms with Crippen molar-refractivity contribution in [2.45, 2.75) is 6.18 Å². The molecule has 4 aromatic rings. The number of carbonyl (C=O) groups excluding carboxylic acids is 1. The minimum Gasteiger partial charge on any atom is -0.497 e. The van der Waals surface area contributed by atoms with Gasteiger partial charge in [-0.2, -0.15) is 13.2 Å². The van der Waals surface area contributed by atoms with Crippen molar-refractivity contribution < 1.29 is 22.7 Å². The molecule has 0 spiro atoms. The topological polar surface area (TPSA) is 55.6 Å². The fourth-order valence-corrected chi connectivity index (χ4v) is 3.64. The number of rotatable bonds is 4. The van der Waals surface area contributed by atoms with Gasteiger partial charge in [-0.15, -0.1) is 11.3 Å². The van der Waals surface area contributed by atoms with Crippen LogP contribution in [0.4, 0.5) is 18.9 Å². The van der Waals surface area contributed by atoms with Crippen LogP contribution in [0.15, 0.2) is 60.1 Å². The molecule has 4 rings (SSSR count). The first-order valence-electron chi connectivity index (χ1n) is 8.45. The predicted molar refractivity (Wildman–Crippen MR) is 104 cm³/mol.